The molecule has 24 heavy (non-hydrogen) atoms. The van der Waals surface area contributed by atoms with Gasteiger partial charge in [0.2, 0.25) is 0 Å². The van der Waals surface area contributed by atoms with Gasteiger partial charge < -0.3 is 10.6 Å². The molecule has 0 saturated carbocycles. The van der Waals surface area contributed by atoms with E-state index in [-0.39, 0.29) is 11.6 Å². The first-order valence-electron chi connectivity index (χ1n) is 8.19. The van der Waals surface area contributed by atoms with Crippen molar-refractivity contribution in [3.8, 4) is 0 Å². The van der Waals surface area contributed by atoms with Gasteiger partial charge >= 0.3 is 0 Å². The van der Waals surface area contributed by atoms with Crippen LogP contribution in [0.2, 0.25) is 0 Å². The molecule has 8 heteroatoms. The predicted octanol–water partition coefficient (Wildman–Crippen LogP) is 1.36. The number of rotatable bonds is 2. The van der Waals surface area contributed by atoms with E-state index in [2.05, 4.69) is 51.6 Å². The number of nitrogens with zero attached hydrogens (tertiary/aromatic N) is 6. The van der Waals surface area contributed by atoms with Gasteiger partial charge in [0, 0.05) is 19.3 Å². The maximum atomic E-state index is 4.51. The minimum absolute atomic E-state index is 0.124. The molecule has 3 aromatic heterocycles. The van der Waals surface area contributed by atoms with E-state index in [0.29, 0.717) is 0 Å². The Labute approximate surface area is 140 Å². The Morgan fingerprint density at radius 3 is 2.96 bits per heavy atom. The first kappa shape index (κ1) is 15.1. The summed E-state index contributed by atoms with van der Waals surface area (Å²) in [6.07, 6.45) is 5.28. The van der Waals surface area contributed by atoms with E-state index in [4.69, 9.17) is 0 Å². The SMILES string of the molecule is CC(C)(C)n1ncc2c(NC3CNCc4ccnn4C3)ncnc21. The van der Waals surface area contributed by atoms with Gasteiger partial charge in [0.15, 0.2) is 5.65 Å². The molecule has 4 rings (SSSR count). The fraction of sp³-hybridized carbons (Fsp3) is 0.500. The minimum Gasteiger partial charge on any atom is -0.363 e. The molecule has 8 nitrogen and oxygen atoms in total. The summed E-state index contributed by atoms with van der Waals surface area (Å²) in [5.41, 5.74) is 1.93. The van der Waals surface area contributed by atoms with Gasteiger partial charge in [0.25, 0.3) is 0 Å². The maximum Gasteiger partial charge on any atom is 0.163 e. The molecule has 1 unspecified atom stereocenters. The molecule has 0 aliphatic carbocycles. The smallest absolute Gasteiger partial charge is 0.163 e. The zero-order valence-corrected chi connectivity index (χ0v) is 14.2. The Morgan fingerprint density at radius 1 is 1.25 bits per heavy atom. The lowest BCUT2D eigenvalue weighted by Crippen LogP contribution is -2.33. The molecule has 0 saturated heterocycles. The summed E-state index contributed by atoms with van der Waals surface area (Å²) in [6, 6.07) is 2.24. The third kappa shape index (κ3) is 2.62. The molecule has 3 aromatic rings. The molecule has 1 aliphatic rings. The topological polar surface area (TPSA) is 85.5 Å². The van der Waals surface area contributed by atoms with E-state index in [9.17, 15) is 0 Å². The highest BCUT2D eigenvalue weighted by molar-refractivity contribution is 5.86. The third-order valence-electron chi connectivity index (χ3n) is 4.24. The van der Waals surface area contributed by atoms with E-state index < -0.39 is 0 Å². The van der Waals surface area contributed by atoms with Crippen molar-refractivity contribution >= 4 is 16.9 Å². The summed E-state index contributed by atoms with van der Waals surface area (Å²) in [7, 11) is 0. The number of anilines is 1. The van der Waals surface area contributed by atoms with Crippen LogP contribution in [0.3, 0.4) is 0 Å². The normalized spacial score (nSPS) is 18.4. The highest BCUT2D eigenvalue weighted by Crippen LogP contribution is 2.24. The second-order valence-corrected chi connectivity index (χ2v) is 7.16. The number of nitrogens with one attached hydrogen (secondary N) is 2. The third-order valence-corrected chi connectivity index (χ3v) is 4.24. The summed E-state index contributed by atoms with van der Waals surface area (Å²) in [5.74, 6) is 0.818. The Bertz CT molecular complexity index is 856. The van der Waals surface area contributed by atoms with Crippen molar-refractivity contribution in [2.24, 2.45) is 0 Å². The number of fused-ring (bicyclic) bond motifs is 2. The number of hydrogen-bond donors (Lipinski definition) is 2. The Morgan fingerprint density at radius 2 is 2.12 bits per heavy atom. The largest absolute Gasteiger partial charge is 0.363 e. The lowest BCUT2D eigenvalue weighted by atomic mass is 10.1. The summed E-state index contributed by atoms with van der Waals surface area (Å²) in [4.78, 5) is 8.86. The van der Waals surface area contributed by atoms with Crippen molar-refractivity contribution in [3.63, 3.8) is 0 Å². The maximum absolute atomic E-state index is 4.51. The Kier molecular flexibility index (Phi) is 3.49. The van der Waals surface area contributed by atoms with Gasteiger partial charge in [0.1, 0.15) is 12.1 Å². The van der Waals surface area contributed by atoms with Crippen LogP contribution in [0.5, 0.6) is 0 Å². The molecule has 0 radical (unpaired) electrons. The second-order valence-electron chi connectivity index (χ2n) is 7.16. The van der Waals surface area contributed by atoms with Gasteiger partial charge in [-0.25, -0.2) is 14.6 Å². The average molecular weight is 326 g/mol. The highest BCUT2D eigenvalue weighted by Gasteiger charge is 2.21. The second kappa shape index (κ2) is 5.55. The molecule has 0 spiro atoms. The van der Waals surface area contributed by atoms with Gasteiger partial charge in [-0.1, -0.05) is 0 Å². The fourth-order valence-corrected chi connectivity index (χ4v) is 3.06. The quantitative estimate of drug-likeness (QED) is 0.740. The summed E-state index contributed by atoms with van der Waals surface area (Å²) in [6.45, 7) is 8.82. The van der Waals surface area contributed by atoms with Crippen molar-refractivity contribution in [1.29, 1.82) is 0 Å². The van der Waals surface area contributed by atoms with E-state index in [0.717, 1.165) is 36.5 Å². The van der Waals surface area contributed by atoms with Crippen LogP contribution in [-0.2, 0) is 18.6 Å². The van der Waals surface area contributed by atoms with Crippen LogP contribution >= 0.6 is 0 Å². The monoisotopic (exact) mass is 326 g/mol. The minimum atomic E-state index is -0.124. The fourth-order valence-electron chi connectivity index (χ4n) is 3.06. The lowest BCUT2D eigenvalue weighted by molar-refractivity contribution is 0.366. The first-order valence-corrected chi connectivity index (χ1v) is 8.19. The zero-order chi connectivity index (χ0) is 16.7. The first-order chi connectivity index (χ1) is 11.5. The van der Waals surface area contributed by atoms with Crippen LogP contribution in [0.4, 0.5) is 5.82 Å². The van der Waals surface area contributed by atoms with Crippen LogP contribution in [0, 0.1) is 0 Å². The Hall–Kier alpha value is -2.48. The zero-order valence-electron chi connectivity index (χ0n) is 14.2. The molecule has 126 valence electrons. The summed E-state index contributed by atoms with van der Waals surface area (Å²) >= 11 is 0. The van der Waals surface area contributed by atoms with Crippen LogP contribution in [0.25, 0.3) is 11.0 Å². The van der Waals surface area contributed by atoms with Crippen molar-refractivity contribution in [2.75, 3.05) is 11.9 Å². The van der Waals surface area contributed by atoms with Crippen LogP contribution in [-0.4, -0.2) is 42.1 Å². The van der Waals surface area contributed by atoms with Gasteiger partial charge in [-0.2, -0.15) is 10.2 Å². The molecule has 0 bridgehead atoms. The predicted molar refractivity (Wildman–Crippen MR) is 91.7 cm³/mol. The number of hydrogen-bond acceptors (Lipinski definition) is 6. The molecule has 2 N–H and O–H groups in total. The summed E-state index contributed by atoms with van der Waals surface area (Å²) in [5, 5.41) is 16.8. The lowest BCUT2D eigenvalue weighted by Gasteiger charge is -2.20. The van der Waals surface area contributed by atoms with E-state index >= 15 is 0 Å². The van der Waals surface area contributed by atoms with Crippen molar-refractivity contribution < 1.29 is 0 Å². The van der Waals surface area contributed by atoms with Crippen LogP contribution < -0.4 is 10.6 Å². The molecule has 0 fully saturated rings. The standard InChI is InChI=1S/C16H22N8/c1-16(2,3)24-15-13(8-21-24)14(18-10-19-15)22-11-6-17-7-12-4-5-20-23(12)9-11/h4-5,8,10-11,17H,6-7,9H2,1-3H3,(H,18,19,22). The van der Waals surface area contributed by atoms with Crippen LogP contribution in [0.1, 0.15) is 26.5 Å². The van der Waals surface area contributed by atoms with E-state index in [1.165, 1.54) is 5.69 Å². The number of aromatic nitrogens is 6. The van der Waals surface area contributed by atoms with Gasteiger partial charge in [0.05, 0.1) is 35.4 Å². The van der Waals surface area contributed by atoms with E-state index in [1.54, 1.807) is 6.33 Å². The molecular formula is C16H22N8. The van der Waals surface area contributed by atoms with Gasteiger partial charge in [-0.3, -0.25) is 4.68 Å². The highest BCUT2D eigenvalue weighted by atomic mass is 15.3. The van der Waals surface area contributed by atoms with Crippen molar-refractivity contribution in [1.82, 2.24) is 34.8 Å². The van der Waals surface area contributed by atoms with E-state index in [1.807, 2.05) is 27.8 Å². The van der Waals surface area contributed by atoms with Crippen LogP contribution in [0.15, 0.2) is 24.8 Å². The van der Waals surface area contributed by atoms with Crippen molar-refractivity contribution in [2.45, 2.75) is 45.4 Å². The molecule has 4 heterocycles. The Balaban J connectivity index is 1.64. The summed E-state index contributed by atoms with van der Waals surface area (Å²) < 4.78 is 3.97. The average Bonchev–Trinajstić information content (AvgIpc) is 3.10. The van der Waals surface area contributed by atoms with Gasteiger partial charge in [-0.15, -0.1) is 0 Å². The van der Waals surface area contributed by atoms with Crippen molar-refractivity contribution in [3.05, 3.63) is 30.5 Å². The molecule has 1 atom stereocenters. The molecular weight excluding hydrogens is 304 g/mol. The molecule has 1 aliphatic heterocycles. The molecule has 0 aromatic carbocycles. The van der Waals surface area contributed by atoms with Gasteiger partial charge in [-0.05, 0) is 26.8 Å². The molecule has 0 amide bonds.